The first-order valence-corrected chi connectivity index (χ1v) is 8.07. The third-order valence-corrected chi connectivity index (χ3v) is 13.0. The van der Waals surface area contributed by atoms with E-state index in [1.54, 1.807) is 0 Å². The fourth-order valence-corrected chi connectivity index (χ4v) is 6.00. The minimum atomic E-state index is -1.29. The number of rotatable bonds is 3. The van der Waals surface area contributed by atoms with Crippen LogP contribution in [-0.2, 0) is 0 Å². The van der Waals surface area contributed by atoms with Crippen LogP contribution in [0.4, 0.5) is 0 Å². The van der Waals surface area contributed by atoms with E-state index in [1.165, 1.54) is 0 Å². The van der Waals surface area contributed by atoms with Gasteiger partial charge in [0.15, 0.2) is 0 Å². The van der Waals surface area contributed by atoms with Crippen molar-refractivity contribution in [3.63, 3.8) is 0 Å². The number of hydrogen-bond donors (Lipinski definition) is 1. The average Bonchev–Trinajstić information content (AvgIpc) is 1.84. The summed E-state index contributed by atoms with van der Waals surface area (Å²) in [6.45, 7) is 13.9. The molecule has 0 rings (SSSR count). The summed E-state index contributed by atoms with van der Waals surface area (Å²) in [5.74, 6) is 0. The number of hydrogen-bond acceptors (Lipinski definition) is 1. The molecular formula is C9H23KSSi. The third kappa shape index (κ3) is 3.75. The normalized spacial score (nSPS) is 12.5. The molecular weight excluding hydrogens is 207 g/mol. The molecule has 0 unspecified atom stereocenters. The van der Waals surface area contributed by atoms with Crippen LogP contribution in [-0.4, -0.2) is 7.22 Å². The second-order valence-electron chi connectivity index (χ2n) is 4.35. The summed E-state index contributed by atoms with van der Waals surface area (Å²) in [5, 5.41) is 0. The standard InChI is InChI=1S/C9H22SSi.K.H/c1-7(2)11(10,8(3)4)9(5)6;;/h7-10H,1-6H3;;/q;+1;-1. The Morgan fingerprint density at radius 1 is 0.833 bits per heavy atom. The maximum absolute atomic E-state index is 4.94. The van der Waals surface area contributed by atoms with Crippen molar-refractivity contribution in [2.24, 2.45) is 0 Å². The molecule has 70 valence electrons. The predicted molar refractivity (Wildman–Crippen MR) is 61.1 cm³/mol. The Balaban J connectivity index is -0.000000500. The molecule has 0 saturated carbocycles. The van der Waals surface area contributed by atoms with E-state index in [0.29, 0.717) is 0 Å². The van der Waals surface area contributed by atoms with Crippen molar-refractivity contribution in [1.29, 1.82) is 0 Å². The van der Waals surface area contributed by atoms with E-state index in [1.807, 2.05) is 0 Å². The molecule has 0 aromatic rings. The van der Waals surface area contributed by atoms with Gasteiger partial charge < -0.3 is 1.43 Å². The summed E-state index contributed by atoms with van der Waals surface area (Å²) in [5.41, 5.74) is 2.35. The molecule has 3 heteroatoms. The van der Waals surface area contributed by atoms with Crippen LogP contribution in [0, 0.1) is 0 Å². The van der Waals surface area contributed by atoms with Gasteiger partial charge in [-0.25, -0.2) is 12.1 Å². The van der Waals surface area contributed by atoms with Gasteiger partial charge in [-0.15, -0.1) is 0 Å². The third-order valence-electron chi connectivity index (χ3n) is 2.77. The van der Waals surface area contributed by atoms with Gasteiger partial charge in [-0.2, -0.15) is 0 Å². The Labute approximate surface area is 128 Å². The van der Waals surface area contributed by atoms with Crippen LogP contribution in [0.2, 0.25) is 16.6 Å². The molecule has 0 aromatic carbocycles. The van der Waals surface area contributed by atoms with E-state index in [9.17, 15) is 0 Å². The summed E-state index contributed by atoms with van der Waals surface area (Å²) in [6, 6.07) is 0. The molecule has 12 heavy (non-hydrogen) atoms. The van der Waals surface area contributed by atoms with Crippen molar-refractivity contribution in [3.05, 3.63) is 0 Å². The minimum Gasteiger partial charge on any atom is -1.00 e. The van der Waals surface area contributed by atoms with Crippen molar-refractivity contribution >= 4 is 19.3 Å². The van der Waals surface area contributed by atoms with Crippen molar-refractivity contribution in [1.82, 2.24) is 0 Å². The molecule has 0 aromatic heterocycles. The smallest absolute Gasteiger partial charge is 1.00 e. The first kappa shape index (κ1) is 16.6. The summed E-state index contributed by atoms with van der Waals surface area (Å²) in [6.07, 6.45) is 0. The molecule has 0 aliphatic rings. The van der Waals surface area contributed by atoms with Crippen molar-refractivity contribution in [3.8, 4) is 0 Å². The molecule has 0 amide bonds. The van der Waals surface area contributed by atoms with E-state index in [4.69, 9.17) is 12.1 Å². The molecule has 0 heterocycles. The van der Waals surface area contributed by atoms with Crippen molar-refractivity contribution in [2.75, 3.05) is 0 Å². The maximum Gasteiger partial charge on any atom is 1.00 e. The Morgan fingerprint density at radius 3 is 1.00 bits per heavy atom. The molecule has 0 aliphatic carbocycles. The van der Waals surface area contributed by atoms with Crippen LogP contribution < -0.4 is 51.4 Å². The fourth-order valence-electron chi connectivity index (χ4n) is 2.00. The topological polar surface area (TPSA) is 0 Å². The quantitative estimate of drug-likeness (QED) is 0.547. The van der Waals surface area contributed by atoms with Gasteiger partial charge in [0.1, 0.15) is 7.22 Å². The molecule has 0 N–H and O–H groups in total. The zero-order chi connectivity index (χ0) is 9.23. The average molecular weight is 231 g/mol. The van der Waals surface area contributed by atoms with Gasteiger partial charge in [0.25, 0.3) is 0 Å². The van der Waals surface area contributed by atoms with Gasteiger partial charge in [-0.3, -0.25) is 0 Å². The molecule has 0 fully saturated rings. The van der Waals surface area contributed by atoms with E-state index in [0.717, 1.165) is 16.6 Å². The summed E-state index contributed by atoms with van der Waals surface area (Å²) in [7, 11) is -1.29. The predicted octanol–water partition coefficient (Wildman–Crippen LogP) is 1.21. The molecule has 0 radical (unpaired) electrons. The molecule has 0 spiro atoms. The molecule has 0 saturated heterocycles. The number of thiol groups is 1. The largest absolute Gasteiger partial charge is 1.00 e. The summed E-state index contributed by atoms with van der Waals surface area (Å²) in [4.78, 5) is 0. The monoisotopic (exact) mass is 230 g/mol. The van der Waals surface area contributed by atoms with Gasteiger partial charge in [-0.1, -0.05) is 41.5 Å². The van der Waals surface area contributed by atoms with E-state index < -0.39 is 7.22 Å². The fraction of sp³-hybridized carbons (Fsp3) is 1.00. The Hall–Kier alpha value is 2.20. The molecule has 0 nitrogen and oxygen atoms in total. The SMILES string of the molecule is CC(C)[Si](S)(C(C)C)C(C)C.[H-].[K+]. The van der Waals surface area contributed by atoms with Crippen LogP contribution in [0.5, 0.6) is 0 Å². The van der Waals surface area contributed by atoms with Gasteiger partial charge >= 0.3 is 51.4 Å². The van der Waals surface area contributed by atoms with Crippen LogP contribution in [0.25, 0.3) is 0 Å². The molecule has 0 aliphatic heterocycles. The first-order valence-electron chi connectivity index (χ1n) is 4.55. The van der Waals surface area contributed by atoms with Crippen molar-refractivity contribution < 1.29 is 52.8 Å². The van der Waals surface area contributed by atoms with Crippen LogP contribution >= 0.6 is 12.1 Å². The minimum absolute atomic E-state index is 0. The Kier molecular flexibility index (Phi) is 9.21. The summed E-state index contributed by atoms with van der Waals surface area (Å²) < 4.78 is 0. The van der Waals surface area contributed by atoms with Crippen LogP contribution in [0.15, 0.2) is 0 Å². The Bertz CT molecular complexity index is 107. The zero-order valence-corrected chi connectivity index (χ0v) is 14.7. The van der Waals surface area contributed by atoms with E-state index >= 15 is 0 Å². The maximum atomic E-state index is 4.94. The summed E-state index contributed by atoms with van der Waals surface area (Å²) >= 11 is 4.94. The van der Waals surface area contributed by atoms with Crippen LogP contribution in [0.1, 0.15) is 43.0 Å². The van der Waals surface area contributed by atoms with Crippen molar-refractivity contribution in [2.45, 2.75) is 58.2 Å². The van der Waals surface area contributed by atoms with Crippen LogP contribution in [0.3, 0.4) is 0 Å². The van der Waals surface area contributed by atoms with Gasteiger partial charge in [0.2, 0.25) is 0 Å². The Morgan fingerprint density at radius 2 is 1.00 bits per heavy atom. The van der Waals surface area contributed by atoms with Gasteiger partial charge in [0, 0.05) is 0 Å². The second-order valence-corrected chi connectivity index (χ2v) is 11.9. The molecule has 0 bridgehead atoms. The van der Waals surface area contributed by atoms with Gasteiger partial charge in [-0.05, 0) is 16.6 Å². The second kappa shape index (κ2) is 6.64. The van der Waals surface area contributed by atoms with E-state index in [2.05, 4.69) is 41.5 Å². The van der Waals surface area contributed by atoms with E-state index in [-0.39, 0.29) is 52.8 Å². The zero-order valence-electron chi connectivity index (χ0n) is 10.7. The molecule has 0 atom stereocenters. The first-order chi connectivity index (χ1) is 4.83. The van der Waals surface area contributed by atoms with Gasteiger partial charge in [0.05, 0.1) is 0 Å².